The van der Waals surface area contributed by atoms with Gasteiger partial charge in [0, 0.05) is 12.0 Å². The molecule has 5 heteroatoms. The molecule has 0 spiro atoms. The van der Waals surface area contributed by atoms with Crippen molar-refractivity contribution in [2.75, 3.05) is 27.9 Å². The first kappa shape index (κ1) is 17.1. The molecule has 2 aromatic carbocycles. The molecular formula is C20H23NO4. The molecule has 5 nitrogen and oxygen atoms in total. The second kappa shape index (κ2) is 7.05. The van der Waals surface area contributed by atoms with Crippen LogP contribution in [0.3, 0.4) is 0 Å². The zero-order chi connectivity index (χ0) is 17.9. The molecule has 0 heterocycles. The third kappa shape index (κ3) is 3.40. The molecule has 1 aliphatic carbocycles. The number of amides is 1. The minimum atomic E-state index is -0.186. The number of benzene rings is 2. The minimum Gasteiger partial charge on any atom is -0.497 e. The molecule has 0 aliphatic heterocycles. The average Bonchev–Trinajstić information content (AvgIpc) is 3.46. The van der Waals surface area contributed by atoms with Crippen molar-refractivity contribution in [2.45, 2.75) is 18.3 Å². The quantitative estimate of drug-likeness (QED) is 0.840. The van der Waals surface area contributed by atoms with Gasteiger partial charge < -0.3 is 19.5 Å². The molecule has 1 amide bonds. The molecule has 1 aliphatic rings. The highest BCUT2D eigenvalue weighted by molar-refractivity contribution is 5.99. The van der Waals surface area contributed by atoms with E-state index in [4.69, 9.17) is 14.2 Å². The van der Waals surface area contributed by atoms with Crippen molar-refractivity contribution in [3.05, 3.63) is 53.6 Å². The first-order chi connectivity index (χ1) is 12.1. The van der Waals surface area contributed by atoms with Crippen molar-refractivity contribution in [3.8, 4) is 17.2 Å². The maximum Gasteiger partial charge on any atom is 0.258 e. The molecule has 0 aromatic heterocycles. The smallest absolute Gasteiger partial charge is 0.258 e. The highest BCUT2D eigenvalue weighted by Crippen LogP contribution is 2.48. The zero-order valence-corrected chi connectivity index (χ0v) is 14.8. The summed E-state index contributed by atoms with van der Waals surface area (Å²) in [6.07, 6.45) is 2.12. The molecule has 25 heavy (non-hydrogen) atoms. The molecule has 1 fully saturated rings. The fourth-order valence-electron chi connectivity index (χ4n) is 3.08. The van der Waals surface area contributed by atoms with Crippen LogP contribution in [-0.4, -0.2) is 33.8 Å². The lowest BCUT2D eigenvalue weighted by atomic mass is 9.95. The van der Waals surface area contributed by atoms with Gasteiger partial charge in [0.15, 0.2) is 0 Å². The lowest BCUT2D eigenvalue weighted by Crippen LogP contribution is -2.32. The number of ether oxygens (including phenoxy) is 3. The van der Waals surface area contributed by atoms with Gasteiger partial charge in [0.2, 0.25) is 0 Å². The summed E-state index contributed by atoms with van der Waals surface area (Å²) in [5.74, 6) is 1.66. The fraction of sp³-hybridized carbons (Fsp3) is 0.350. The Bertz CT molecular complexity index is 729. The molecule has 0 atom stereocenters. The van der Waals surface area contributed by atoms with Crippen molar-refractivity contribution in [1.82, 2.24) is 5.32 Å². The van der Waals surface area contributed by atoms with Crippen LogP contribution in [0.5, 0.6) is 17.2 Å². The lowest BCUT2D eigenvalue weighted by Gasteiger charge is -2.18. The van der Waals surface area contributed by atoms with Crippen LogP contribution in [0.4, 0.5) is 0 Å². The van der Waals surface area contributed by atoms with Crippen LogP contribution in [-0.2, 0) is 5.41 Å². The molecule has 0 saturated heterocycles. The Labute approximate surface area is 147 Å². The van der Waals surface area contributed by atoms with Crippen molar-refractivity contribution >= 4 is 5.91 Å². The van der Waals surface area contributed by atoms with Crippen molar-refractivity contribution in [3.63, 3.8) is 0 Å². The van der Waals surface area contributed by atoms with Gasteiger partial charge in [-0.3, -0.25) is 4.79 Å². The maximum absolute atomic E-state index is 12.7. The van der Waals surface area contributed by atoms with Crippen LogP contribution in [0.15, 0.2) is 42.5 Å². The molecule has 132 valence electrons. The fourth-order valence-corrected chi connectivity index (χ4v) is 3.08. The van der Waals surface area contributed by atoms with E-state index in [-0.39, 0.29) is 11.3 Å². The van der Waals surface area contributed by atoms with Crippen molar-refractivity contribution in [1.29, 1.82) is 0 Å². The normalized spacial score (nSPS) is 14.5. The summed E-state index contributed by atoms with van der Waals surface area (Å²) in [7, 11) is 4.75. The third-order valence-corrected chi connectivity index (χ3v) is 4.80. The molecule has 0 bridgehead atoms. The second-order valence-corrected chi connectivity index (χ2v) is 6.23. The first-order valence-corrected chi connectivity index (χ1v) is 8.27. The molecule has 2 aromatic rings. The summed E-state index contributed by atoms with van der Waals surface area (Å²) in [4.78, 5) is 12.7. The predicted octanol–water partition coefficient (Wildman–Crippen LogP) is 3.17. The number of nitrogens with one attached hydrogen (secondary N) is 1. The SMILES string of the molecule is COc1ccc(C2(CNC(=O)c3c(OC)cccc3OC)CC2)cc1. The summed E-state index contributed by atoms with van der Waals surface area (Å²) < 4.78 is 15.8. The summed E-state index contributed by atoms with van der Waals surface area (Å²) in [5, 5.41) is 3.05. The largest absolute Gasteiger partial charge is 0.497 e. The van der Waals surface area contributed by atoms with Gasteiger partial charge >= 0.3 is 0 Å². The number of hydrogen-bond donors (Lipinski definition) is 1. The van der Waals surface area contributed by atoms with Crippen LogP contribution in [0, 0.1) is 0 Å². The molecule has 0 radical (unpaired) electrons. The highest BCUT2D eigenvalue weighted by atomic mass is 16.5. The highest BCUT2D eigenvalue weighted by Gasteiger charge is 2.44. The topological polar surface area (TPSA) is 56.8 Å². The number of carbonyl (C=O) groups is 1. The van der Waals surface area contributed by atoms with Crippen LogP contribution in [0.1, 0.15) is 28.8 Å². The number of rotatable bonds is 7. The standard InChI is InChI=1S/C20H23NO4/c1-23-15-9-7-14(8-10-15)20(11-12-20)13-21-19(22)18-16(24-2)5-4-6-17(18)25-3/h4-10H,11-13H2,1-3H3,(H,21,22). The van der Waals surface area contributed by atoms with Gasteiger partial charge in [0.25, 0.3) is 5.91 Å². The van der Waals surface area contributed by atoms with Gasteiger partial charge in [-0.1, -0.05) is 18.2 Å². The van der Waals surface area contributed by atoms with Gasteiger partial charge in [-0.05, 0) is 42.7 Å². The predicted molar refractivity (Wildman–Crippen MR) is 95.8 cm³/mol. The number of methoxy groups -OCH3 is 3. The van der Waals surface area contributed by atoms with E-state index in [1.165, 1.54) is 5.56 Å². The van der Waals surface area contributed by atoms with E-state index in [2.05, 4.69) is 17.4 Å². The Kier molecular flexibility index (Phi) is 4.83. The Hall–Kier alpha value is -2.69. The summed E-state index contributed by atoms with van der Waals surface area (Å²) in [6.45, 7) is 0.583. The molecular weight excluding hydrogens is 318 g/mol. The third-order valence-electron chi connectivity index (χ3n) is 4.80. The van der Waals surface area contributed by atoms with Crippen molar-refractivity contribution < 1.29 is 19.0 Å². The Balaban J connectivity index is 1.74. The number of carbonyl (C=O) groups excluding carboxylic acids is 1. The van der Waals surface area contributed by atoms with Crippen LogP contribution in [0.2, 0.25) is 0 Å². The summed E-state index contributed by atoms with van der Waals surface area (Å²) in [5.41, 5.74) is 1.66. The maximum atomic E-state index is 12.7. The zero-order valence-electron chi connectivity index (χ0n) is 14.8. The first-order valence-electron chi connectivity index (χ1n) is 8.27. The van der Waals surface area contributed by atoms with E-state index in [0.29, 0.717) is 23.6 Å². The molecule has 0 unspecified atom stereocenters. The monoisotopic (exact) mass is 341 g/mol. The second-order valence-electron chi connectivity index (χ2n) is 6.23. The Morgan fingerprint density at radius 2 is 1.56 bits per heavy atom. The number of hydrogen-bond acceptors (Lipinski definition) is 4. The lowest BCUT2D eigenvalue weighted by molar-refractivity contribution is 0.0943. The van der Waals surface area contributed by atoms with E-state index < -0.39 is 0 Å². The van der Waals surface area contributed by atoms with Gasteiger partial charge in [-0.2, -0.15) is 0 Å². The van der Waals surface area contributed by atoms with E-state index in [0.717, 1.165) is 18.6 Å². The average molecular weight is 341 g/mol. The molecule has 1 saturated carbocycles. The summed E-state index contributed by atoms with van der Waals surface area (Å²) in [6, 6.07) is 13.4. The van der Waals surface area contributed by atoms with E-state index in [1.54, 1.807) is 39.5 Å². The van der Waals surface area contributed by atoms with Gasteiger partial charge in [-0.25, -0.2) is 0 Å². The van der Waals surface area contributed by atoms with Crippen molar-refractivity contribution in [2.24, 2.45) is 0 Å². The van der Waals surface area contributed by atoms with Crippen LogP contribution >= 0.6 is 0 Å². The minimum absolute atomic E-state index is 0.0111. The molecule has 3 rings (SSSR count). The van der Waals surface area contributed by atoms with Gasteiger partial charge in [-0.15, -0.1) is 0 Å². The Morgan fingerprint density at radius 3 is 2.04 bits per heavy atom. The van der Waals surface area contributed by atoms with E-state index in [1.807, 2.05) is 12.1 Å². The van der Waals surface area contributed by atoms with Crippen LogP contribution in [0.25, 0.3) is 0 Å². The Morgan fingerprint density at radius 1 is 0.960 bits per heavy atom. The molecule has 1 N–H and O–H groups in total. The van der Waals surface area contributed by atoms with E-state index in [9.17, 15) is 4.79 Å². The van der Waals surface area contributed by atoms with Gasteiger partial charge in [0.05, 0.1) is 21.3 Å². The van der Waals surface area contributed by atoms with Crippen LogP contribution < -0.4 is 19.5 Å². The van der Waals surface area contributed by atoms with E-state index >= 15 is 0 Å². The van der Waals surface area contributed by atoms with Gasteiger partial charge in [0.1, 0.15) is 22.8 Å². The summed E-state index contributed by atoms with van der Waals surface area (Å²) >= 11 is 0.